The summed E-state index contributed by atoms with van der Waals surface area (Å²) in [5.41, 5.74) is 0.403. The molecule has 0 saturated heterocycles. The number of fused-ring (bicyclic) bond motifs is 1. The highest BCUT2D eigenvalue weighted by Crippen LogP contribution is 2.14. The van der Waals surface area contributed by atoms with E-state index in [0.29, 0.717) is 18.7 Å². The summed E-state index contributed by atoms with van der Waals surface area (Å²) in [5.74, 6) is -1.05. The van der Waals surface area contributed by atoms with E-state index in [1.54, 1.807) is 0 Å². The molecule has 0 unspecified atom stereocenters. The van der Waals surface area contributed by atoms with Gasteiger partial charge in [0.25, 0.3) is 0 Å². The van der Waals surface area contributed by atoms with Crippen LogP contribution in [0.2, 0.25) is 0 Å². The molecule has 0 atom stereocenters. The quantitative estimate of drug-likeness (QED) is 0.652. The Kier molecular flexibility index (Phi) is 1.72. The number of aromatic carboxylic acids is 1. The second-order valence-corrected chi connectivity index (χ2v) is 3.17. The molecule has 0 aliphatic carbocycles. The molecule has 0 amide bonds. The second-order valence-electron chi connectivity index (χ2n) is 3.17. The van der Waals surface area contributed by atoms with Crippen LogP contribution in [0, 0.1) is 0 Å². The maximum atomic E-state index is 11.2. The van der Waals surface area contributed by atoms with E-state index in [9.17, 15) is 9.59 Å². The highest BCUT2D eigenvalue weighted by molar-refractivity contribution is 5.86. The van der Waals surface area contributed by atoms with E-state index >= 15 is 0 Å². The molecule has 2 heterocycles. The average molecular weight is 182 g/mol. The highest BCUT2D eigenvalue weighted by atomic mass is 16.4. The van der Waals surface area contributed by atoms with Crippen molar-refractivity contribution < 1.29 is 9.90 Å². The first-order valence-corrected chi connectivity index (χ1v) is 4.25. The molecule has 0 saturated carbocycles. The topological polar surface area (TPSA) is 75.1 Å². The van der Waals surface area contributed by atoms with Crippen LogP contribution in [0.5, 0.6) is 0 Å². The SMILES string of the molecule is O=C(O)c1[nH]c(=O)n2c1CCCC2. The maximum absolute atomic E-state index is 11.2. The number of carboxylic acid groups (broad SMARTS) is 1. The zero-order chi connectivity index (χ0) is 9.42. The fourth-order valence-corrected chi connectivity index (χ4v) is 1.74. The minimum atomic E-state index is -1.05. The number of carbonyl (C=O) groups is 1. The van der Waals surface area contributed by atoms with Crippen LogP contribution >= 0.6 is 0 Å². The first-order valence-electron chi connectivity index (χ1n) is 4.25. The lowest BCUT2D eigenvalue weighted by atomic mass is 10.1. The van der Waals surface area contributed by atoms with Gasteiger partial charge in [0.05, 0.1) is 5.69 Å². The summed E-state index contributed by atoms with van der Waals surface area (Å²) in [6, 6.07) is 0. The Morgan fingerprint density at radius 2 is 2.23 bits per heavy atom. The highest BCUT2D eigenvalue weighted by Gasteiger charge is 2.20. The van der Waals surface area contributed by atoms with Crippen LogP contribution in [0.1, 0.15) is 29.0 Å². The molecule has 5 nitrogen and oxygen atoms in total. The lowest BCUT2D eigenvalue weighted by Gasteiger charge is -2.12. The van der Waals surface area contributed by atoms with E-state index < -0.39 is 5.97 Å². The minimum absolute atomic E-state index is 0.0599. The Morgan fingerprint density at radius 3 is 2.92 bits per heavy atom. The molecule has 1 aliphatic rings. The van der Waals surface area contributed by atoms with Crippen molar-refractivity contribution in [3.05, 3.63) is 21.9 Å². The first kappa shape index (κ1) is 8.10. The summed E-state index contributed by atoms with van der Waals surface area (Å²) in [5, 5.41) is 8.77. The van der Waals surface area contributed by atoms with Gasteiger partial charge in [-0.15, -0.1) is 0 Å². The van der Waals surface area contributed by atoms with E-state index in [-0.39, 0.29) is 11.4 Å². The summed E-state index contributed by atoms with van der Waals surface area (Å²) in [7, 11) is 0. The molecule has 0 bridgehead atoms. The van der Waals surface area contributed by atoms with Crippen molar-refractivity contribution in [2.45, 2.75) is 25.8 Å². The van der Waals surface area contributed by atoms with Crippen molar-refractivity contribution in [3.63, 3.8) is 0 Å². The molecule has 1 aliphatic heterocycles. The Bertz CT molecular complexity index is 402. The summed E-state index contributed by atoms with van der Waals surface area (Å²) < 4.78 is 1.52. The van der Waals surface area contributed by atoms with Gasteiger partial charge in [0.15, 0.2) is 0 Å². The molecule has 0 fully saturated rings. The van der Waals surface area contributed by atoms with Gasteiger partial charge in [0, 0.05) is 6.54 Å². The number of H-pyrrole nitrogens is 1. The van der Waals surface area contributed by atoms with Gasteiger partial charge in [-0.05, 0) is 19.3 Å². The number of rotatable bonds is 1. The van der Waals surface area contributed by atoms with Gasteiger partial charge >= 0.3 is 11.7 Å². The second kappa shape index (κ2) is 2.76. The van der Waals surface area contributed by atoms with Gasteiger partial charge in [0.1, 0.15) is 5.69 Å². The van der Waals surface area contributed by atoms with Crippen LogP contribution in [0.4, 0.5) is 0 Å². The number of aromatic amines is 1. The number of imidazole rings is 1. The number of hydrogen-bond acceptors (Lipinski definition) is 2. The monoisotopic (exact) mass is 182 g/mol. The van der Waals surface area contributed by atoms with Gasteiger partial charge in [0.2, 0.25) is 0 Å². The zero-order valence-corrected chi connectivity index (χ0v) is 7.04. The van der Waals surface area contributed by atoms with Crippen molar-refractivity contribution in [1.29, 1.82) is 0 Å². The van der Waals surface area contributed by atoms with Crippen molar-refractivity contribution in [3.8, 4) is 0 Å². The van der Waals surface area contributed by atoms with Crippen LogP contribution in [0.3, 0.4) is 0 Å². The van der Waals surface area contributed by atoms with Crippen LogP contribution < -0.4 is 5.69 Å². The molecule has 2 rings (SSSR count). The molecule has 2 N–H and O–H groups in total. The maximum Gasteiger partial charge on any atom is 0.354 e. The summed E-state index contributed by atoms with van der Waals surface area (Å²) in [6.07, 6.45) is 2.59. The van der Waals surface area contributed by atoms with Crippen molar-refractivity contribution in [2.24, 2.45) is 0 Å². The number of aromatic nitrogens is 2. The third-order valence-electron chi connectivity index (χ3n) is 2.35. The Morgan fingerprint density at radius 1 is 1.46 bits per heavy atom. The standard InChI is InChI=1S/C8H10N2O3/c11-7(12)6-5-3-1-2-4-10(5)8(13)9-6/h1-4H2,(H,9,13)(H,11,12). The molecule has 0 spiro atoms. The molecule has 5 heteroatoms. The summed E-state index contributed by atoms with van der Waals surface area (Å²) >= 11 is 0. The molecule has 0 aromatic carbocycles. The summed E-state index contributed by atoms with van der Waals surface area (Å²) in [4.78, 5) is 24.3. The van der Waals surface area contributed by atoms with Crippen LogP contribution in [-0.2, 0) is 13.0 Å². The van der Waals surface area contributed by atoms with E-state index in [1.165, 1.54) is 4.57 Å². The summed E-state index contributed by atoms with van der Waals surface area (Å²) in [6.45, 7) is 0.637. The van der Waals surface area contributed by atoms with Gasteiger partial charge < -0.3 is 5.11 Å². The Balaban J connectivity index is 2.60. The number of carboxylic acids is 1. The third kappa shape index (κ3) is 1.16. The van der Waals surface area contributed by atoms with Crippen LogP contribution in [-0.4, -0.2) is 20.6 Å². The fraction of sp³-hybridized carbons (Fsp3) is 0.500. The molecular formula is C8H10N2O3. The zero-order valence-electron chi connectivity index (χ0n) is 7.04. The predicted molar refractivity (Wildman–Crippen MR) is 45.0 cm³/mol. The van der Waals surface area contributed by atoms with Crippen LogP contribution in [0.15, 0.2) is 4.79 Å². The average Bonchev–Trinajstić information content (AvgIpc) is 2.45. The number of hydrogen-bond donors (Lipinski definition) is 2. The van der Waals surface area contributed by atoms with E-state index in [4.69, 9.17) is 5.11 Å². The lowest BCUT2D eigenvalue weighted by Crippen LogP contribution is -2.21. The van der Waals surface area contributed by atoms with Crippen molar-refractivity contribution in [2.75, 3.05) is 0 Å². The Hall–Kier alpha value is -1.52. The smallest absolute Gasteiger partial charge is 0.354 e. The fourth-order valence-electron chi connectivity index (χ4n) is 1.74. The van der Waals surface area contributed by atoms with Gasteiger partial charge in [-0.3, -0.25) is 9.55 Å². The normalized spacial score (nSPS) is 15.4. The van der Waals surface area contributed by atoms with Gasteiger partial charge in [-0.1, -0.05) is 0 Å². The first-order chi connectivity index (χ1) is 6.20. The van der Waals surface area contributed by atoms with E-state index in [2.05, 4.69) is 4.98 Å². The molecule has 13 heavy (non-hydrogen) atoms. The minimum Gasteiger partial charge on any atom is -0.477 e. The largest absolute Gasteiger partial charge is 0.477 e. The molecular weight excluding hydrogens is 172 g/mol. The van der Waals surface area contributed by atoms with Crippen molar-refractivity contribution >= 4 is 5.97 Å². The predicted octanol–water partition coefficient (Wildman–Crippen LogP) is 0.211. The lowest BCUT2D eigenvalue weighted by molar-refractivity contribution is 0.0689. The number of nitrogens with zero attached hydrogens (tertiary/aromatic N) is 1. The molecule has 0 radical (unpaired) electrons. The van der Waals surface area contributed by atoms with Gasteiger partial charge in [-0.25, -0.2) is 9.59 Å². The number of nitrogens with one attached hydrogen (secondary N) is 1. The molecule has 70 valence electrons. The van der Waals surface area contributed by atoms with Gasteiger partial charge in [-0.2, -0.15) is 0 Å². The van der Waals surface area contributed by atoms with Crippen molar-refractivity contribution in [1.82, 2.24) is 9.55 Å². The molecule has 1 aromatic heterocycles. The molecule has 1 aromatic rings. The van der Waals surface area contributed by atoms with E-state index in [0.717, 1.165) is 12.8 Å². The third-order valence-corrected chi connectivity index (χ3v) is 2.35. The van der Waals surface area contributed by atoms with E-state index in [1.807, 2.05) is 0 Å². The van der Waals surface area contributed by atoms with Crippen LogP contribution in [0.25, 0.3) is 0 Å². The Labute approximate surface area is 74.0 Å².